The second-order valence-corrected chi connectivity index (χ2v) is 5.78. The molecule has 1 unspecified atom stereocenters. The topological polar surface area (TPSA) is 28.2 Å². The Morgan fingerprint density at radius 2 is 2.20 bits per heavy atom. The number of rotatable bonds is 4. The molecule has 0 spiro atoms. The Kier molecular flexibility index (Phi) is 3.88. The second-order valence-electron chi connectivity index (χ2n) is 5.78. The highest BCUT2D eigenvalue weighted by Gasteiger charge is 2.20. The zero-order valence-corrected chi connectivity index (χ0v) is 12.4. The molecular formula is C17H23N3. The molecule has 0 amide bonds. The van der Waals surface area contributed by atoms with E-state index in [1.54, 1.807) is 0 Å². The largest absolute Gasteiger partial charge is 0.370 e. The van der Waals surface area contributed by atoms with Gasteiger partial charge >= 0.3 is 0 Å². The molecule has 1 aromatic carbocycles. The van der Waals surface area contributed by atoms with Gasteiger partial charge < -0.3 is 10.2 Å². The monoisotopic (exact) mass is 269 g/mol. The normalized spacial score (nSPS) is 19.6. The van der Waals surface area contributed by atoms with Crippen LogP contribution >= 0.6 is 0 Å². The molecule has 2 heterocycles. The zero-order chi connectivity index (χ0) is 13.9. The smallest absolute Gasteiger partial charge is 0.129 e. The fourth-order valence-corrected chi connectivity index (χ4v) is 3.01. The number of para-hydroxylation sites is 1. The SMILES string of the molecule is CCN1CCC(CNc2nc3ccccc3cc2C)C1. The molecule has 106 valence electrons. The van der Waals surface area contributed by atoms with Crippen LogP contribution in [0.3, 0.4) is 0 Å². The maximum absolute atomic E-state index is 4.75. The van der Waals surface area contributed by atoms with Gasteiger partial charge in [0.2, 0.25) is 0 Å². The standard InChI is InChI=1S/C17H23N3/c1-3-20-9-8-14(12-20)11-18-17-13(2)10-15-6-4-5-7-16(15)19-17/h4-7,10,14H,3,8-9,11-12H2,1-2H3,(H,18,19). The number of benzene rings is 1. The van der Waals surface area contributed by atoms with Crippen molar-refractivity contribution in [1.29, 1.82) is 0 Å². The van der Waals surface area contributed by atoms with Crippen LogP contribution in [0.5, 0.6) is 0 Å². The Morgan fingerprint density at radius 3 is 3.00 bits per heavy atom. The van der Waals surface area contributed by atoms with Crippen LogP contribution in [0.1, 0.15) is 18.9 Å². The zero-order valence-electron chi connectivity index (χ0n) is 12.4. The number of nitrogens with one attached hydrogen (secondary N) is 1. The second kappa shape index (κ2) is 5.80. The Balaban J connectivity index is 1.70. The van der Waals surface area contributed by atoms with Crippen LogP contribution in [-0.2, 0) is 0 Å². The van der Waals surface area contributed by atoms with Crippen molar-refractivity contribution in [3.05, 3.63) is 35.9 Å². The molecule has 20 heavy (non-hydrogen) atoms. The van der Waals surface area contributed by atoms with Crippen LogP contribution in [0.15, 0.2) is 30.3 Å². The van der Waals surface area contributed by atoms with E-state index >= 15 is 0 Å². The molecule has 3 heteroatoms. The summed E-state index contributed by atoms with van der Waals surface area (Å²) in [4.78, 5) is 7.27. The van der Waals surface area contributed by atoms with E-state index in [1.807, 2.05) is 6.07 Å². The number of fused-ring (bicyclic) bond motifs is 1. The molecule has 3 nitrogen and oxygen atoms in total. The summed E-state index contributed by atoms with van der Waals surface area (Å²) in [6, 6.07) is 10.5. The molecule has 1 N–H and O–H groups in total. The maximum atomic E-state index is 4.75. The molecule has 0 saturated carbocycles. The number of aromatic nitrogens is 1. The summed E-state index contributed by atoms with van der Waals surface area (Å²) in [5, 5.41) is 4.77. The van der Waals surface area contributed by atoms with Crippen molar-refractivity contribution in [2.45, 2.75) is 20.3 Å². The van der Waals surface area contributed by atoms with Gasteiger partial charge in [0.05, 0.1) is 5.52 Å². The fraction of sp³-hybridized carbons (Fsp3) is 0.471. The molecule has 1 saturated heterocycles. The third-order valence-electron chi connectivity index (χ3n) is 4.29. The first-order valence-electron chi connectivity index (χ1n) is 7.59. The van der Waals surface area contributed by atoms with Crippen LogP contribution in [-0.4, -0.2) is 36.1 Å². The van der Waals surface area contributed by atoms with Crippen molar-refractivity contribution in [2.24, 2.45) is 5.92 Å². The third-order valence-corrected chi connectivity index (χ3v) is 4.29. The van der Waals surface area contributed by atoms with Gasteiger partial charge in [0.15, 0.2) is 0 Å². The molecule has 1 aromatic heterocycles. The van der Waals surface area contributed by atoms with E-state index in [0.717, 1.165) is 23.8 Å². The molecule has 1 aliphatic heterocycles. The average molecular weight is 269 g/mol. The van der Waals surface area contributed by atoms with Crippen LogP contribution in [0.4, 0.5) is 5.82 Å². The average Bonchev–Trinajstić information content (AvgIpc) is 2.93. The summed E-state index contributed by atoms with van der Waals surface area (Å²) >= 11 is 0. The summed E-state index contributed by atoms with van der Waals surface area (Å²) in [5.74, 6) is 1.79. The van der Waals surface area contributed by atoms with E-state index in [4.69, 9.17) is 4.98 Å². The van der Waals surface area contributed by atoms with Crippen LogP contribution < -0.4 is 5.32 Å². The Morgan fingerprint density at radius 1 is 1.35 bits per heavy atom. The highest BCUT2D eigenvalue weighted by atomic mass is 15.1. The minimum absolute atomic E-state index is 0.752. The lowest BCUT2D eigenvalue weighted by atomic mass is 10.1. The molecule has 1 aliphatic rings. The maximum Gasteiger partial charge on any atom is 0.129 e. The van der Waals surface area contributed by atoms with E-state index in [9.17, 15) is 0 Å². The number of hydrogen-bond acceptors (Lipinski definition) is 3. The van der Waals surface area contributed by atoms with Gasteiger partial charge in [0.25, 0.3) is 0 Å². The number of pyridine rings is 1. The summed E-state index contributed by atoms with van der Waals surface area (Å²) in [5.41, 5.74) is 2.30. The minimum atomic E-state index is 0.752. The highest BCUT2D eigenvalue weighted by molar-refractivity contribution is 5.81. The van der Waals surface area contributed by atoms with Crippen molar-refractivity contribution >= 4 is 16.7 Å². The van der Waals surface area contributed by atoms with E-state index in [0.29, 0.717) is 0 Å². The van der Waals surface area contributed by atoms with Crippen LogP contribution in [0.2, 0.25) is 0 Å². The molecular weight excluding hydrogens is 246 g/mol. The molecule has 0 aliphatic carbocycles. The molecule has 0 bridgehead atoms. The van der Waals surface area contributed by atoms with E-state index in [2.05, 4.69) is 48.3 Å². The molecule has 1 fully saturated rings. The van der Waals surface area contributed by atoms with Gasteiger partial charge in [-0.2, -0.15) is 0 Å². The van der Waals surface area contributed by atoms with Gasteiger partial charge in [-0.05, 0) is 50.0 Å². The third kappa shape index (κ3) is 2.78. The van der Waals surface area contributed by atoms with Gasteiger partial charge in [0.1, 0.15) is 5.82 Å². The summed E-state index contributed by atoms with van der Waals surface area (Å²) in [7, 11) is 0. The predicted molar refractivity (Wildman–Crippen MR) is 85.2 cm³/mol. The number of nitrogens with zero attached hydrogens (tertiary/aromatic N) is 2. The molecule has 2 aromatic rings. The number of aryl methyl sites for hydroxylation is 1. The van der Waals surface area contributed by atoms with Crippen molar-refractivity contribution in [1.82, 2.24) is 9.88 Å². The van der Waals surface area contributed by atoms with Crippen LogP contribution in [0.25, 0.3) is 10.9 Å². The summed E-state index contributed by atoms with van der Waals surface area (Å²) < 4.78 is 0. The lowest BCUT2D eigenvalue weighted by molar-refractivity contribution is 0.345. The van der Waals surface area contributed by atoms with Gasteiger partial charge in [-0.1, -0.05) is 25.1 Å². The lowest BCUT2D eigenvalue weighted by Gasteiger charge is -2.15. The first-order valence-corrected chi connectivity index (χ1v) is 7.59. The predicted octanol–water partition coefficient (Wildman–Crippen LogP) is 3.30. The van der Waals surface area contributed by atoms with Crippen molar-refractivity contribution in [3.63, 3.8) is 0 Å². The van der Waals surface area contributed by atoms with E-state index < -0.39 is 0 Å². The van der Waals surface area contributed by atoms with Crippen molar-refractivity contribution < 1.29 is 0 Å². The first kappa shape index (κ1) is 13.4. The number of hydrogen-bond donors (Lipinski definition) is 1. The Bertz CT molecular complexity index is 594. The Hall–Kier alpha value is -1.61. The first-order chi connectivity index (χ1) is 9.76. The quantitative estimate of drug-likeness (QED) is 0.923. The summed E-state index contributed by atoms with van der Waals surface area (Å²) in [6.45, 7) is 9.04. The lowest BCUT2D eigenvalue weighted by Crippen LogP contribution is -2.22. The molecule has 3 rings (SSSR count). The minimum Gasteiger partial charge on any atom is -0.370 e. The van der Waals surface area contributed by atoms with Crippen molar-refractivity contribution in [2.75, 3.05) is 31.5 Å². The van der Waals surface area contributed by atoms with E-state index in [1.165, 1.54) is 37.0 Å². The van der Waals surface area contributed by atoms with Gasteiger partial charge in [-0.25, -0.2) is 4.98 Å². The Labute approximate surface area is 121 Å². The fourth-order valence-electron chi connectivity index (χ4n) is 3.01. The van der Waals surface area contributed by atoms with E-state index in [-0.39, 0.29) is 0 Å². The van der Waals surface area contributed by atoms with Gasteiger partial charge in [0, 0.05) is 18.5 Å². The van der Waals surface area contributed by atoms with Gasteiger partial charge in [-0.15, -0.1) is 0 Å². The molecule has 0 radical (unpaired) electrons. The highest BCUT2D eigenvalue weighted by Crippen LogP contribution is 2.21. The molecule has 1 atom stereocenters. The van der Waals surface area contributed by atoms with Gasteiger partial charge in [-0.3, -0.25) is 0 Å². The number of anilines is 1. The number of likely N-dealkylation sites (tertiary alicyclic amines) is 1. The van der Waals surface area contributed by atoms with Crippen LogP contribution in [0, 0.1) is 12.8 Å². The summed E-state index contributed by atoms with van der Waals surface area (Å²) in [6.07, 6.45) is 1.30. The van der Waals surface area contributed by atoms with Crippen molar-refractivity contribution in [3.8, 4) is 0 Å².